The molecule has 0 bridgehead atoms. The first kappa shape index (κ1) is 17.6. The van der Waals surface area contributed by atoms with E-state index in [-0.39, 0.29) is 13.2 Å². The van der Waals surface area contributed by atoms with Crippen molar-refractivity contribution in [3.63, 3.8) is 0 Å². The van der Waals surface area contributed by atoms with Crippen molar-refractivity contribution in [1.82, 2.24) is 15.0 Å². The summed E-state index contributed by atoms with van der Waals surface area (Å²) in [6, 6.07) is 13.0. The van der Waals surface area contributed by atoms with Gasteiger partial charge in [0.25, 0.3) is 0 Å². The summed E-state index contributed by atoms with van der Waals surface area (Å²) in [5, 5.41) is 8.92. The molecular weight excluding hydrogens is 341 g/mol. The van der Waals surface area contributed by atoms with Crippen LogP contribution in [0, 0.1) is 6.92 Å². The summed E-state index contributed by atoms with van der Waals surface area (Å²) in [5.41, 5.74) is 3.07. The minimum atomic E-state index is -3.71. The maximum Gasteiger partial charge on any atom is 0.530 e. The predicted octanol–water partition coefficient (Wildman–Crippen LogP) is 4.29. The highest BCUT2D eigenvalue weighted by molar-refractivity contribution is 7.48. The molecule has 0 fully saturated rings. The van der Waals surface area contributed by atoms with Gasteiger partial charge in [0.15, 0.2) is 5.75 Å². The molecule has 0 saturated heterocycles. The Balaban J connectivity index is 2.05. The molecule has 0 aliphatic heterocycles. The first-order chi connectivity index (χ1) is 12.0. The summed E-state index contributed by atoms with van der Waals surface area (Å²) in [6.45, 7) is 5.83. The Bertz CT molecular complexity index is 882. The average molecular weight is 361 g/mol. The Labute approximate surface area is 146 Å². The second kappa shape index (κ2) is 7.35. The van der Waals surface area contributed by atoms with Crippen molar-refractivity contribution in [2.75, 3.05) is 13.2 Å². The van der Waals surface area contributed by atoms with Gasteiger partial charge in [-0.15, -0.1) is 15.0 Å². The van der Waals surface area contributed by atoms with Crippen LogP contribution in [0.25, 0.3) is 16.7 Å². The molecule has 3 rings (SSSR count). The Morgan fingerprint density at radius 2 is 1.60 bits per heavy atom. The molecule has 0 atom stereocenters. The highest BCUT2D eigenvalue weighted by Crippen LogP contribution is 2.50. The van der Waals surface area contributed by atoms with E-state index in [1.54, 1.807) is 19.9 Å². The number of hydrogen-bond donors (Lipinski definition) is 0. The van der Waals surface area contributed by atoms with Gasteiger partial charge >= 0.3 is 7.82 Å². The summed E-state index contributed by atoms with van der Waals surface area (Å²) < 4.78 is 28.8. The quantitative estimate of drug-likeness (QED) is 0.585. The molecule has 25 heavy (non-hydrogen) atoms. The molecule has 8 heteroatoms. The monoisotopic (exact) mass is 361 g/mol. The van der Waals surface area contributed by atoms with Gasteiger partial charge < -0.3 is 4.52 Å². The van der Waals surface area contributed by atoms with Gasteiger partial charge in [0, 0.05) is 0 Å². The van der Waals surface area contributed by atoms with Crippen molar-refractivity contribution >= 4 is 18.9 Å². The predicted molar refractivity (Wildman–Crippen MR) is 95.1 cm³/mol. The van der Waals surface area contributed by atoms with Crippen LogP contribution in [0.4, 0.5) is 0 Å². The molecule has 132 valence electrons. The normalized spacial score (nSPS) is 11.8. The van der Waals surface area contributed by atoms with Crippen molar-refractivity contribution in [2.45, 2.75) is 20.8 Å². The van der Waals surface area contributed by atoms with Crippen molar-refractivity contribution in [3.05, 3.63) is 48.0 Å². The molecule has 0 unspecified atom stereocenters. The van der Waals surface area contributed by atoms with Crippen LogP contribution >= 0.6 is 7.82 Å². The molecule has 0 N–H and O–H groups in total. The first-order valence-electron chi connectivity index (χ1n) is 8.06. The third-order valence-corrected chi connectivity index (χ3v) is 4.97. The number of benzene rings is 2. The molecule has 0 spiro atoms. The third kappa shape index (κ3) is 3.90. The molecule has 1 heterocycles. The average Bonchev–Trinajstić information content (AvgIpc) is 3.01. The number of nitrogens with zero attached hydrogens (tertiary/aromatic N) is 3. The van der Waals surface area contributed by atoms with Gasteiger partial charge in [-0.3, -0.25) is 9.05 Å². The lowest BCUT2D eigenvalue weighted by Crippen LogP contribution is -2.06. The number of hydrogen-bond acceptors (Lipinski definition) is 6. The molecule has 0 aliphatic carbocycles. The summed E-state index contributed by atoms with van der Waals surface area (Å²) in [6.07, 6.45) is 0. The van der Waals surface area contributed by atoms with Gasteiger partial charge in [0.05, 0.1) is 13.2 Å². The summed E-state index contributed by atoms with van der Waals surface area (Å²) in [5.74, 6) is 0.330. The summed E-state index contributed by atoms with van der Waals surface area (Å²) >= 11 is 0. The Hall–Kier alpha value is -2.21. The molecule has 2 aromatic carbocycles. The van der Waals surface area contributed by atoms with E-state index in [1.807, 2.05) is 43.3 Å². The fourth-order valence-corrected chi connectivity index (χ4v) is 3.56. The van der Waals surface area contributed by atoms with E-state index < -0.39 is 7.82 Å². The van der Waals surface area contributed by atoms with E-state index in [1.165, 1.54) is 4.80 Å². The molecule has 0 amide bonds. The largest absolute Gasteiger partial charge is 0.530 e. The molecular formula is C17H20N3O4P. The zero-order valence-corrected chi connectivity index (χ0v) is 15.3. The number of fused-ring (bicyclic) bond motifs is 1. The van der Waals surface area contributed by atoms with Crippen LogP contribution in [0.3, 0.4) is 0 Å². The van der Waals surface area contributed by atoms with E-state index in [0.717, 1.165) is 16.6 Å². The lowest BCUT2D eigenvalue weighted by molar-refractivity contribution is 0.167. The van der Waals surface area contributed by atoms with Crippen LogP contribution in [0.1, 0.15) is 19.4 Å². The van der Waals surface area contributed by atoms with Gasteiger partial charge in [-0.2, -0.15) is 0 Å². The Kier molecular flexibility index (Phi) is 5.18. The van der Waals surface area contributed by atoms with Crippen LogP contribution in [0.15, 0.2) is 42.5 Å². The SMILES string of the molecule is CCOP(=O)(OCC)Oc1ccc(C)cc1-n1nc2ccccc2n1. The number of phosphoric ester groups is 1. The lowest BCUT2D eigenvalue weighted by Gasteiger charge is -2.18. The fourth-order valence-electron chi connectivity index (χ4n) is 2.36. The van der Waals surface area contributed by atoms with Gasteiger partial charge in [-0.25, -0.2) is 4.57 Å². The van der Waals surface area contributed by atoms with E-state index in [2.05, 4.69) is 10.2 Å². The highest BCUT2D eigenvalue weighted by atomic mass is 31.2. The maximum atomic E-state index is 12.7. The smallest absolute Gasteiger partial charge is 0.402 e. The van der Waals surface area contributed by atoms with Gasteiger partial charge in [0.2, 0.25) is 0 Å². The minimum Gasteiger partial charge on any atom is -0.402 e. The number of phosphoric acid groups is 1. The van der Waals surface area contributed by atoms with E-state index in [0.29, 0.717) is 11.4 Å². The number of rotatable bonds is 7. The van der Waals surface area contributed by atoms with Crippen molar-refractivity contribution < 1.29 is 18.1 Å². The van der Waals surface area contributed by atoms with Gasteiger partial charge in [-0.05, 0) is 50.6 Å². The lowest BCUT2D eigenvalue weighted by atomic mass is 10.2. The second-order valence-corrected chi connectivity index (χ2v) is 6.92. The molecule has 1 aromatic heterocycles. The fraction of sp³-hybridized carbons (Fsp3) is 0.294. The highest BCUT2D eigenvalue weighted by Gasteiger charge is 2.29. The van der Waals surface area contributed by atoms with Crippen molar-refractivity contribution in [3.8, 4) is 11.4 Å². The number of aryl methyl sites for hydroxylation is 1. The third-order valence-electron chi connectivity index (χ3n) is 3.40. The Morgan fingerprint density at radius 3 is 2.16 bits per heavy atom. The first-order valence-corrected chi connectivity index (χ1v) is 9.52. The van der Waals surface area contributed by atoms with E-state index in [4.69, 9.17) is 13.6 Å². The van der Waals surface area contributed by atoms with Crippen LogP contribution in [0.2, 0.25) is 0 Å². The van der Waals surface area contributed by atoms with Gasteiger partial charge in [0.1, 0.15) is 16.7 Å². The Morgan fingerprint density at radius 1 is 1.00 bits per heavy atom. The molecule has 0 saturated carbocycles. The molecule has 0 aliphatic rings. The second-order valence-electron chi connectivity index (χ2n) is 5.32. The van der Waals surface area contributed by atoms with Crippen LogP contribution in [0.5, 0.6) is 5.75 Å². The summed E-state index contributed by atoms with van der Waals surface area (Å²) in [7, 11) is -3.71. The van der Waals surface area contributed by atoms with Crippen molar-refractivity contribution in [1.29, 1.82) is 0 Å². The molecule has 3 aromatic rings. The topological polar surface area (TPSA) is 75.5 Å². The zero-order chi connectivity index (χ0) is 17.9. The standard InChI is InChI=1S/C17H20N3O4P/c1-4-22-25(21,23-5-2)24-17-11-10-13(3)12-16(17)20-18-14-8-6-7-9-15(14)19-20/h6-12H,4-5H2,1-3H3. The van der Waals surface area contributed by atoms with E-state index >= 15 is 0 Å². The van der Waals surface area contributed by atoms with Crippen LogP contribution in [-0.2, 0) is 13.6 Å². The molecule has 0 radical (unpaired) electrons. The summed E-state index contributed by atoms with van der Waals surface area (Å²) in [4.78, 5) is 1.47. The zero-order valence-electron chi connectivity index (χ0n) is 14.4. The van der Waals surface area contributed by atoms with Crippen LogP contribution in [-0.4, -0.2) is 28.2 Å². The minimum absolute atomic E-state index is 0.211. The van der Waals surface area contributed by atoms with Gasteiger partial charge in [-0.1, -0.05) is 18.2 Å². The van der Waals surface area contributed by atoms with Crippen LogP contribution < -0.4 is 4.52 Å². The molecule has 7 nitrogen and oxygen atoms in total. The van der Waals surface area contributed by atoms with Crippen molar-refractivity contribution in [2.24, 2.45) is 0 Å². The maximum absolute atomic E-state index is 12.7. The van der Waals surface area contributed by atoms with E-state index in [9.17, 15) is 4.57 Å². The number of aromatic nitrogens is 3.